The molecule has 2 aromatic rings. The van der Waals surface area contributed by atoms with E-state index >= 15 is 0 Å². The average Bonchev–Trinajstić information content (AvgIpc) is 3.37. The molecule has 1 saturated heterocycles. The van der Waals surface area contributed by atoms with Crippen molar-refractivity contribution in [2.24, 2.45) is 5.73 Å². The van der Waals surface area contributed by atoms with Crippen LogP contribution in [0.15, 0.2) is 48.5 Å². The Morgan fingerprint density at radius 3 is 1.72 bits per heavy atom. The third-order valence-corrected chi connectivity index (χ3v) is 8.20. The van der Waals surface area contributed by atoms with Crippen LogP contribution < -0.4 is 5.73 Å². The molecule has 4 rings (SSSR count). The smallest absolute Gasteiger partial charge is 0.412 e. The van der Waals surface area contributed by atoms with Gasteiger partial charge in [0, 0.05) is 33.6 Å². The van der Waals surface area contributed by atoms with Gasteiger partial charge in [0.1, 0.15) is 31.0 Å². The first-order valence-electron chi connectivity index (χ1n) is 16.8. The standard InChI is InChI=1S/C37H44N2O14/c1-19(40)47-18-29-31(49-20(2)41)32(50-21(3)42)33(51-22(4)43)34(52-29)39(28(16-30(38)44)35(45)53-37(5,6)7)36(46)48-17-27-25-14-10-8-12-23(25)24-13-9-11-15-26(24)27/h8-15,27-29,31-34H,16-18H2,1-7H3,(H2,38,44)/t28-,29+,31+,32-,33+,34+/m0/s1. The minimum Gasteiger partial charge on any atom is -0.463 e. The number of nitrogens with two attached hydrogens (primary N) is 1. The van der Waals surface area contributed by atoms with Crippen LogP contribution in [0.5, 0.6) is 0 Å². The number of carbonyl (C=O) groups is 7. The topological polar surface area (TPSA) is 213 Å². The van der Waals surface area contributed by atoms with E-state index in [2.05, 4.69) is 0 Å². The number of hydrogen-bond donors (Lipinski definition) is 1. The maximum absolute atomic E-state index is 14.6. The zero-order valence-electron chi connectivity index (χ0n) is 30.5. The Balaban J connectivity index is 1.87. The van der Waals surface area contributed by atoms with E-state index in [1.165, 1.54) is 0 Å². The molecule has 2 amide bonds. The number of rotatable bonds is 12. The SMILES string of the molecule is CC(=O)OC[C@H]1O[C@@H](N(C(=O)OCC2c3ccccc3-c3ccccc32)[C@@H](CC(N)=O)C(=O)OC(C)(C)C)[C@H](OC(C)=O)[C@@H](OC(C)=O)[C@@H]1OC(C)=O. The first kappa shape index (κ1) is 40.3. The van der Waals surface area contributed by atoms with Crippen LogP contribution in [0.1, 0.15) is 71.9 Å². The van der Waals surface area contributed by atoms with Crippen molar-refractivity contribution in [2.45, 2.75) is 103 Å². The minimum absolute atomic E-state index is 0.272. The van der Waals surface area contributed by atoms with Crippen molar-refractivity contribution in [3.05, 3.63) is 59.7 Å². The molecule has 2 aromatic carbocycles. The highest BCUT2D eigenvalue weighted by Crippen LogP contribution is 2.45. The molecule has 0 bridgehead atoms. The second-order valence-electron chi connectivity index (χ2n) is 13.5. The molecular formula is C37H44N2O14. The number of ether oxygens (including phenoxy) is 7. The summed E-state index contributed by atoms with van der Waals surface area (Å²) in [5, 5.41) is 0. The van der Waals surface area contributed by atoms with Gasteiger partial charge in [0.05, 0.1) is 6.42 Å². The number of esters is 5. The molecule has 1 fully saturated rings. The van der Waals surface area contributed by atoms with Crippen molar-refractivity contribution < 1.29 is 66.7 Å². The van der Waals surface area contributed by atoms with Gasteiger partial charge in [0.15, 0.2) is 24.5 Å². The van der Waals surface area contributed by atoms with Crippen LogP contribution in [0.2, 0.25) is 0 Å². The molecule has 2 N–H and O–H groups in total. The van der Waals surface area contributed by atoms with E-state index in [-0.39, 0.29) is 6.61 Å². The van der Waals surface area contributed by atoms with Gasteiger partial charge < -0.3 is 38.9 Å². The van der Waals surface area contributed by atoms with Gasteiger partial charge in [-0.25, -0.2) is 9.59 Å². The number of primary amides is 1. The Bertz CT molecular complexity index is 1690. The number of amides is 2. The van der Waals surface area contributed by atoms with Crippen molar-refractivity contribution >= 4 is 41.8 Å². The summed E-state index contributed by atoms with van der Waals surface area (Å²) >= 11 is 0. The summed E-state index contributed by atoms with van der Waals surface area (Å²) in [5.41, 5.74) is 8.05. The molecule has 0 spiro atoms. The van der Waals surface area contributed by atoms with Gasteiger partial charge in [0.25, 0.3) is 0 Å². The zero-order valence-corrected chi connectivity index (χ0v) is 30.5. The summed E-state index contributed by atoms with van der Waals surface area (Å²) in [6, 6.07) is 13.2. The molecular weight excluding hydrogens is 696 g/mol. The van der Waals surface area contributed by atoms with Crippen LogP contribution in [-0.4, -0.2) is 102 Å². The van der Waals surface area contributed by atoms with E-state index in [1.54, 1.807) is 20.8 Å². The molecule has 16 heteroatoms. The summed E-state index contributed by atoms with van der Waals surface area (Å²) in [6.07, 6.45) is -10.6. The van der Waals surface area contributed by atoms with Crippen molar-refractivity contribution in [1.29, 1.82) is 0 Å². The lowest BCUT2D eigenvalue weighted by Crippen LogP contribution is -2.69. The predicted molar refractivity (Wildman–Crippen MR) is 182 cm³/mol. The average molecular weight is 741 g/mol. The van der Waals surface area contributed by atoms with Gasteiger partial charge in [-0.2, -0.15) is 0 Å². The molecule has 53 heavy (non-hydrogen) atoms. The molecule has 0 saturated carbocycles. The Morgan fingerprint density at radius 2 is 1.23 bits per heavy atom. The van der Waals surface area contributed by atoms with Crippen LogP contribution in [0.4, 0.5) is 4.79 Å². The van der Waals surface area contributed by atoms with Crippen LogP contribution in [0.25, 0.3) is 11.1 Å². The van der Waals surface area contributed by atoms with Crippen LogP contribution >= 0.6 is 0 Å². The molecule has 1 aliphatic heterocycles. The predicted octanol–water partition coefficient (Wildman–Crippen LogP) is 2.91. The number of hydrogen-bond acceptors (Lipinski definition) is 14. The van der Waals surface area contributed by atoms with E-state index in [9.17, 15) is 33.6 Å². The fraction of sp³-hybridized carbons (Fsp3) is 0.486. The monoisotopic (exact) mass is 740 g/mol. The van der Waals surface area contributed by atoms with E-state index in [1.807, 2.05) is 48.5 Å². The zero-order chi connectivity index (χ0) is 39.2. The third kappa shape index (κ3) is 10.1. The Morgan fingerprint density at radius 1 is 0.717 bits per heavy atom. The van der Waals surface area contributed by atoms with Crippen LogP contribution in [-0.2, 0) is 61.9 Å². The fourth-order valence-electron chi connectivity index (χ4n) is 6.36. The Hall–Kier alpha value is -5.51. The maximum Gasteiger partial charge on any atom is 0.412 e. The lowest BCUT2D eigenvalue weighted by atomic mass is 9.95. The lowest BCUT2D eigenvalue weighted by Gasteiger charge is -2.48. The second kappa shape index (κ2) is 16.9. The van der Waals surface area contributed by atoms with Crippen molar-refractivity contribution in [3.63, 3.8) is 0 Å². The normalized spacial score (nSPS) is 21.2. The minimum atomic E-state index is -1.93. The molecule has 286 valence electrons. The van der Waals surface area contributed by atoms with Gasteiger partial charge in [-0.15, -0.1) is 0 Å². The quantitative estimate of drug-likeness (QED) is 0.245. The number of carbonyl (C=O) groups excluding carboxylic acids is 7. The molecule has 6 atom stereocenters. The summed E-state index contributed by atoms with van der Waals surface area (Å²) in [4.78, 5) is 91.0. The van der Waals surface area contributed by atoms with Crippen LogP contribution in [0, 0.1) is 0 Å². The summed E-state index contributed by atoms with van der Waals surface area (Å²) in [5.74, 6) is -6.15. The highest BCUT2D eigenvalue weighted by molar-refractivity contribution is 5.88. The van der Waals surface area contributed by atoms with Gasteiger partial charge in [-0.05, 0) is 43.0 Å². The molecule has 0 radical (unpaired) electrons. The highest BCUT2D eigenvalue weighted by atomic mass is 16.7. The molecule has 1 aliphatic carbocycles. The first-order chi connectivity index (χ1) is 24.9. The van der Waals surface area contributed by atoms with Crippen molar-refractivity contribution in [3.8, 4) is 11.1 Å². The fourth-order valence-corrected chi connectivity index (χ4v) is 6.36. The molecule has 1 heterocycles. The van der Waals surface area contributed by atoms with Gasteiger partial charge in [-0.3, -0.25) is 28.9 Å². The molecule has 0 aromatic heterocycles. The molecule has 0 unspecified atom stereocenters. The third-order valence-electron chi connectivity index (χ3n) is 8.20. The van der Waals surface area contributed by atoms with E-state index < -0.39 is 103 Å². The van der Waals surface area contributed by atoms with Gasteiger partial charge in [-0.1, -0.05) is 48.5 Å². The lowest BCUT2D eigenvalue weighted by molar-refractivity contribution is -0.277. The largest absolute Gasteiger partial charge is 0.463 e. The summed E-state index contributed by atoms with van der Waals surface area (Å²) < 4.78 is 39.5. The van der Waals surface area contributed by atoms with E-state index in [4.69, 9.17) is 38.9 Å². The van der Waals surface area contributed by atoms with Crippen molar-refractivity contribution in [2.75, 3.05) is 13.2 Å². The Labute approximate surface area is 306 Å². The number of nitrogens with zero attached hydrogens (tertiary/aromatic N) is 1. The first-order valence-corrected chi connectivity index (χ1v) is 16.8. The molecule has 16 nitrogen and oxygen atoms in total. The molecule has 2 aliphatic rings. The maximum atomic E-state index is 14.6. The van der Waals surface area contributed by atoms with Crippen LogP contribution in [0.3, 0.4) is 0 Å². The van der Waals surface area contributed by atoms with Gasteiger partial charge >= 0.3 is 35.9 Å². The Kier molecular flexibility index (Phi) is 12.8. The van der Waals surface area contributed by atoms with E-state index in [0.717, 1.165) is 49.9 Å². The number of benzene rings is 2. The second-order valence-corrected chi connectivity index (χ2v) is 13.5. The van der Waals surface area contributed by atoms with Gasteiger partial charge in [0.2, 0.25) is 5.91 Å². The summed E-state index contributed by atoms with van der Waals surface area (Å²) in [6.45, 7) is 7.96. The summed E-state index contributed by atoms with van der Waals surface area (Å²) in [7, 11) is 0. The highest BCUT2D eigenvalue weighted by Gasteiger charge is 2.57. The van der Waals surface area contributed by atoms with Crippen molar-refractivity contribution in [1.82, 2.24) is 4.90 Å². The number of fused-ring (bicyclic) bond motifs is 3. The van der Waals surface area contributed by atoms with E-state index in [0.29, 0.717) is 4.90 Å².